The Labute approximate surface area is 167 Å². The van der Waals surface area contributed by atoms with E-state index in [1.807, 2.05) is 49.1 Å². The van der Waals surface area contributed by atoms with E-state index in [-0.39, 0.29) is 5.91 Å². The molecule has 0 radical (unpaired) electrons. The van der Waals surface area contributed by atoms with Crippen LogP contribution in [0.25, 0.3) is 0 Å². The quantitative estimate of drug-likeness (QED) is 0.832. The number of hydrogen-bond acceptors (Lipinski definition) is 5. The van der Waals surface area contributed by atoms with Gasteiger partial charge in [0.25, 0.3) is 5.91 Å². The first kappa shape index (κ1) is 20.3. The standard InChI is InChI=1S/C22H30N4O2/c1-4-19-15-20(24-16-23-19)25-10-12-26(13-11-25)21(27)18-7-5-6-17(14-18)8-9-22(2,3)28/h5-7,14-16,28H,4,8-13H2,1-3H3. The Morgan fingerprint density at radius 3 is 2.57 bits per heavy atom. The van der Waals surface area contributed by atoms with Gasteiger partial charge in [-0.1, -0.05) is 19.1 Å². The third-order valence-electron chi connectivity index (χ3n) is 5.16. The Hall–Kier alpha value is -2.47. The van der Waals surface area contributed by atoms with Gasteiger partial charge in [0.2, 0.25) is 0 Å². The zero-order chi connectivity index (χ0) is 20.1. The predicted molar refractivity (Wildman–Crippen MR) is 111 cm³/mol. The summed E-state index contributed by atoms with van der Waals surface area (Å²) in [4.78, 5) is 25.7. The van der Waals surface area contributed by atoms with E-state index in [0.717, 1.165) is 48.6 Å². The van der Waals surface area contributed by atoms with Crippen molar-refractivity contribution in [2.45, 2.75) is 45.6 Å². The molecule has 1 aliphatic heterocycles. The van der Waals surface area contributed by atoms with Gasteiger partial charge < -0.3 is 14.9 Å². The van der Waals surface area contributed by atoms with Crippen molar-refractivity contribution in [3.05, 3.63) is 53.5 Å². The van der Waals surface area contributed by atoms with Crippen LogP contribution >= 0.6 is 0 Å². The number of aromatic nitrogens is 2. The number of benzene rings is 1. The van der Waals surface area contributed by atoms with Crippen LogP contribution in [0, 0.1) is 0 Å². The van der Waals surface area contributed by atoms with Gasteiger partial charge in [0, 0.05) is 43.5 Å². The minimum Gasteiger partial charge on any atom is -0.390 e. The Balaban J connectivity index is 1.60. The number of rotatable bonds is 6. The summed E-state index contributed by atoms with van der Waals surface area (Å²) in [5, 5.41) is 9.92. The summed E-state index contributed by atoms with van der Waals surface area (Å²) in [7, 11) is 0. The Morgan fingerprint density at radius 2 is 1.89 bits per heavy atom. The largest absolute Gasteiger partial charge is 0.390 e. The number of aryl methyl sites for hydroxylation is 2. The van der Waals surface area contributed by atoms with Gasteiger partial charge >= 0.3 is 0 Å². The molecule has 0 spiro atoms. The average Bonchev–Trinajstić information content (AvgIpc) is 2.71. The summed E-state index contributed by atoms with van der Waals surface area (Å²) < 4.78 is 0. The topological polar surface area (TPSA) is 69.6 Å². The SMILES string of the molecule is CCc1cc(N2CCN(C(=O)c3cccc(CCC(C)(C)O)c3)CC2)ncn1. The fourth-order valence-corrected chi connectivity index (χ4v) is 3.38. The van der Waals surface area contributed by atoms with Gasteiger partial charge in [0.05, 0.1) is 5.60 Å². The van der Waals surface area contributed by atoms with Gasteiger partial charge in [0.1, 0.15) is 12.1 Å². The summed E-state index contributed by atoms with van der Waals surface area (Å²) in [6, 6.07) is 9.81. The van der Waals surface area contributed by atoms with Gasteiger partial charge in [-0.05, 0) is 50.8 Å². The fourth-order valence-electron chi connectivity index (χ4n) is 3.38. The molecule has 0 saturated carbocycles. The van der Waals surface area contributed by atoms with Crippen molar-refractivity contribution in [1.29, 1.82) is 0 Å². The number of nitrogens with zero attached hydrogens (tertiary/aromatic N) is 4. The molecule has 1 fully saturated rings. The normalized spacial score (nSPS) is 15.0. The van der Waals surface area contributed by atoms with Crippen LogP contribution in [0.5, 0.6) is 0 Å². The molecule has 1 N–H and O–H groups in total. The van der Waals surface area contributed by atoms with Crippen LogP contribution in [-0.2, 0) is 12.8 Å². The lowest BCUT2D eigenvalue weighted by Crippen LogP contribution is -2.49. The van der Waals surface area contributed by atoms with Crippen molar-refractivity contribution < 1.29 is 9.90 Å². The van der Waals surface area contributed by atoms with Crippen LogP contribution < -0.4 is 4.90 Å². The highest BCUT2D eigenvalue weighted by atomic mass is 16.3. The molecule has 2 aromatic rings. The highest BCUT2D eigenvalue weighted by Gasteiger charge is 2.23. The smallest absolute Gasteiger partial charge is 0.253 e. The molecular formula is C22H30N4O2. The molecule has 2 heterocycles. The predicted octanol–water partition coefficient (Wildman–Crippen LogP) is 2.70. The highest BCUT2D eigenvalue weighted by Crippen LogP contribution is 2.18. The molecule has 1 aliphatic rings. The number of amides is 1. The number of hydrogen-bond donors (Lipinski definition) is 1. The zero-order valence-corrected chi connectivity index (χ0v) is 17.1. The molecule has 6 heteroatoms. The van der Waals surface area contributed by atoms with Crippen LogP contribution in [0.15, 0.2) is 36.7 Å². The van der Waals surface area contributed by atoms with E-state index in [2.05, 4.69) is 21.8 Å². The molecule has 1 amide bonds. The lowest BCUT2D eigenvalue weighted by atomic mass is 9.97. The minimum atomic E-state index is -0.699. The van der Waals surface area contributed by atoms with Crippen LogP contribution in [0.4, 0.5) is 5.82 Å². The second-order valence-electron chi connectivity index (χ2n) is 8.01. The zero-order valence-electron chi connectivity index (χ0n) is 17.1. The summed E-state index contributed by atoms with van der Waals surface area (Å²) in [5.41, 5.74) is 2.14. The molecule has 1 saturated heterocycles. The van der Waals surface area contributed by atoms with Crippen molar-refractivity contribution in [3.63, 3.8) is 0 Å². The molecule has 3 rings (SSSR count). The van der Waals surface area contributed by atoms with E-state index in [1.54, 1.807) is 6.33 Å². The number of carbonyl (C=O) groups excluding carboxylic acids is 1. The molecule has 1 aromatic heterocycles. The molecule has 1 aromatic carbocycles. The van der Waals surface area contributed by atoms with E-state index < -0.39 is 5.60 Å². The maximum absolute atomic E-state index is 12.9. The van der Waals surface area contributed by atoms with Crippen molar-refractivity contribution in [1.82, 2.24) is 14.9 Å². The first-order chi connectivity index (χ1) is 13.4. The Bertz CT molecular complexity index is 808. The first-order valence-corrected chi connectivity index (χ1v) is 10.0. The van der Waals surface area contributed by atoms with E-state index >= 15 is 0 Å². The molecule has 28 heavy (non-hydrogen) atoms. The Morgan fingerprint density at radius 1 is 1.14 bits per heavy atom. The molecule has 150 valence electrons. The van der Waals surface area contributed by atoms with Crippen LogP contribution in [-0.4, -0.2) is 57.7 Å². The molecule has 6 nitrogen and oxygen atoms in total. The van der Waals surface area contributed by atoms with Gasteiger partial charge in [0.15, 0.2) is 0 Å². The summed E-state index contributed by atoms with van der Waals surface area (Å²) >= 11 is 0. The number of carbonyl (C=O) groups is 1. The van der Waals surface area contributed by atoms with Gasteiger partial charge in [-0.3, -0.25) is 4.79 Å². The summed E-state index contributed by atoms with van der Waals surface area (Å²) in [6.45, 7) is 8.59. The van der Waals surface area contributed by atoms with Crippen LogP contribution in [0.3, 0.4) is 0 Å². The van der Waals surface area contributed by atoms with E-state index in [1.165, 1.54) is 0 Å². The van der Waals surface area contributed by atoms with Crippen molar-refractivity contribution in [3.8, 4) is 0 Å². The monoisotopic (exact) mass is 382 g/mol. The van der Waals surface area contributed by atoms with Crippen LogP contribution in [0.2, 0.25) is 0 Å². The first-order valence-electron chi connectivity index (χ1n) is 10.0. The van der Waals surface area contributed by atoms with E-state index in [0.29, 0.717) is 19.5 Å². The molecular weight excluding hydrogens is 352 g/mol. The van der Waals surface area contributed by atoms with Gasteiger partial charge in [-0.25, -0.2) is 9.97 Å². The maximum Gasteiger partial charge on any atom is 0.253 e. The van der Waals surface area contributed by atoms with Crippen molar-refractivity contribution in [2.24, 2.45) is 0 Å². The lowest BCUT2D eigenvalue weighted by molar-refractivity contribution is 0.0714. The number of piperazine rings is 1. The minimum absolute atomic E-state index is 0.0710. The van der Waals surface area contributed by atoms with Crippen molar-refractivity contribution in [2.75, 3.05) is 31.1 Å². The summed E-state index contributed by atoms with van der Waals surface area (Å²) in [5.74, 6) is 1.01. The third kappa shape index (κ3) is 5.29. The molecule has 0 bridgehead atoms. The average molecular weight is 383 g/mol. The van der Waals surface area contributed by atoms with Crippen molar-refractivity contribution >= 4 is 11.7 Å². The maximum atomic E-state index is 12.9. The lowest BCUT2D eigenvalue weighted by Gasteiger charge is -2.35. The Kier molecular flexibility index (Phi) is 6.29. The third-order valence-corrected chi connectivity index (χ3v) is 5.16. The van der Waals surface area contributed by atoms with Gasteiger partial charge in [-0.2, -0.15) is 0 Å². The number of aliphatic hydroxyl groups is 1. The van der Waals surface area contributed by atoms with Crippen LogP contribution in [0.1, 0.15) is 48.8 Å². The fraction of sp³-hybridized carbons (Fsp3) is 0.500. The molecule has 0 aliphatic carbocycles. The molecule has 0 unspecified atom stereocenters. The van der Waals surface area contributed by atoms with E-state index in [9.17, 15) is 9.90 Å². The van der Waals surface area contributed by atoms with E-state index in [4.69, 9.17) is 0 Å². The second-order valence-corrected chi connectivity index (χ2v) is 8.01. The molecule has 0 atom stereocenters. The second kappa shape index (κ2) is 8.69. The number of anilines is 1. The van der Waals surface area contributed by atoms with Gasteiger partial charge in [-0.15, -0.1) is 0 Å². The summed E-state index contributed by atoms with van der Waals surface area (Å²) in [6.07, 6.45) is 3.93. The highest BCUT2D eigenvalue weighted by molar-refractivity contribution is 5.94.